The van der Waals surface area contributed by atoms with Crippen molar-refractivity contribution < 1.29 is 9.45 Å². The highest BCUT2D eigenvalue weighted by Gasteiger charge is 2.34. The van der Waals surface area contributed by atoms with E-state index < -0.39 is 4.92 Å². The summed E-state index contributed by atoms with van der Waals surface area (Å²) >= 11 is 0. The van der Waals surface area contributed by atoms with Crippen molar-refractivity contribution in [2.75, 3.05) is 0 Å². The summed E-state index contributed by atoms with van der Waals surface area (Å²) in [5.74, 6) is 1.61. The average Bonchev–Trinajstić information content (AvgIpc) is 3.30. The van der Waals surface area contributed by atoms with Gasteiger partial charge in [-0.15, -0.1) is 0 Å². The van der Waals surface area contributed by atoms with Crippen molar-refractivity contribution in [2.24, 2.45) is 5.92 Å². The fraction of sp³-hybridized carbons (Fsp3) is 0.529. The molecule has 0 saturated heterocycles. The van der Waals surface area contributed by atoms with Crippen LogP contribution in [-0.2, 0) is 6.54 Å². The molecule has 0 radical (unpaired) electrons. The maximum Gasteiger partial charge on any atom is 0.269 e. The van der Waals surface area contributed by atoms with E-state index in [4.69, 9.17) is 4.52 Å². The number of aromatic nitrogens is 2. The number of nitrogens with zero attached hydrogens (tertiary/aromatic N) is 4. The maximum atomic E-state index is 10.7. The van der Waals surface area contributed by atoms with Gasteiger partial charge in [-0.1, -0.05) is 19.0 Å². The fourth-order valence-corrected chi connectivity index (χ4v) is 2.72. The zero-order valence-electron chi connectivity index (χ0n) is 14.2. The fourth-order valence-electron chi connectivity index (χ4n) is 2.72. The zero-order valence-corrected chi connectivity index (χ0v) is 14.2. The van der Waals surface area contributed by atoms with Crippen LogP contribution in [0.1, 0.15) is 39.5 Å². The van der Waals surface area contributed by atoms with Gasteiger partial charge in [0, 0.05) is 29.8 Å². The van der Waals surface area contributed by atoms with E-state index in [1.165, 1.54) is 25.0 Å². The Morgan fingerprint density at radius 1 is 1.29 bits per heavy atom. The number of nitro groups is 1. The van der Waals surface area contributed by atoms with Gasteiger partial charge in [0.2, 0.25) is 11.7 Å². The normalized spacial score (nSPS) is 15.9. The molecule has 0 aliphatic heterocycles. The van der Waals surface area contributed by atoms with Crippen LogP contribution in [0.3, 0.4) is 0 Å². The van der Waals surface area contributed by atoms with Crippen LogP contribution in [0, 0.1) is 16.0 Å². The molecule has 7 nitrogen and oxygen atoms in total. The Morgan fingerprint density at radius 2 is 1.96 bits per heavy atom. The second-order valence-electron chi connectivity index (χ2n) is 6.70. The van der Waals surface area contributed by atoms with E-state index in [1.54, 1.807) is 12.1 Å². The number of nitro benzene ring substituents is 1. The monoisotopic (exact) mass is 330 g/mol. The first-order valence-electron chi connectivity index (χ1n) is 8.29. The van der Waals surface area contributed by atoms with Crippen molar-refractivity contribution in [3.05, 3.63) is 40.3 Å². The van der Waals surface area contributed by atoms with E-state index >= 15 is 0 Å². The number of hydrogen-bond acceptors (Lipinski definition) is 6. The van der Waals surface area contributed by atoms with Gasteiger partial charge in [-0.3, -0.25) is 15.0 Å². The minimum Gasteiger partial charge on any atom is -0.338 e. The van der Waals surface area contributed by atoms with Crippen molar-refractivity contribution in [2.45, 2.75) is 52.2 Å². The van der Waals surface area contributed by atoms with E-state index in [0.717, 1.165) is 0 Å². The van der Waals surface area contributed by atoms with Gasteiger partial charge in [0.05, 0.1) is 11.5 Å². The van der Waals surface area contributed by atoms with Gasteiger partial charge < -0.3 is 4.52 Å². The van der Waals surface area contributed by atoms with Crippen molar-refractivity contribution in [1.29, 1.82) is 0 Å². The molecule has 1 aromatic heterocycles. The predicted molar refractivity (Wildman–Crippen MR) is 89.3 cm³/mol. The Morgan fingerprint density at radius 3 is 2.50 bits per heavy atom. The quantitative estimate of drug-likeness (QED) is 0.569. The summed E-state index contributed by atoms with van der Waals surface area (Å²) in [6, 6.07) is 7.24. The van der Waals surface area contributed by atoms with E-state index in [1.807, 2.05) is 0 Å². The van der Waals surface area contributed by atoms with Crippen molar-refractivity contribution >= 4 is 5.69 Å². The smallest absolute Gasteiger partial charge is 0.269 e. The highest BCUT2D eigenvalue weighted by atomic mass is 16.6. The molecular formula is C17H22N4O3. The molecule has 1 heterocycles. The molecule has 1 aliphatic carbocycles. The molecule has 0 unspecified atom stereocenters. The second kappa shape index (κ2) is 6.68. The van der Waals surface area contributed by atoms with E-state index in [9.17, 15) is 10.1 Å². The third kappa shape index (κ3) is 3.62. The van der Waals surface area contributed by atoms with Gasteiger partial charge in [0.25, 0.3) is 5.69 Å². The van der Waals surface area contributed by atoms with Gasteiger partial charge in [-0.25, -0.2) is 0 Å². The summed E-state index contributed by atoms with van der Waals surface area (Å²) in [6.07, 6.45) is 2.45. The summed E-state index contributed by atoms with van der Waals surface area (Å²) in [5, 5.41) is 14.7. The lowest BCUT2D eigenvalue weighted by molar-refractivity contribution is -0.384. The third-order valence-corrected chi connectivity index (χ3v) is 4.63. The summed E-state index contributed by atoms with van der Waals surface area (Å²) in [4.78, 5) is 17.2. The third-order valence-electron chi connectivity index (χ3n) is 4.63. The summed E-state index contributed by atoms with van der Waals surface area (Å²) in [7, 11) is 0. The SMILES string of the molecule is CC(C)[C@@H](C)N(Cc1nc(-c2ccc([N+](=O)[O-])cc2)no1)C1CC1. The molecule has 0 amide bonds. The van der Waals surface area contributed by atoms with E-state index in [2.05, 4.69) is 35.8 Å². The molecule has 7 heteroatoms. The van der Waals surface area contributed by atoms with Gasteiger partial charge in [-0.2, -0.15) is 4.98 Å². The molecule has 1 fully saturated rings. The number of hydrogen-bond donors (Lipinski definition) is 0. The first kappa shape index (κ1) is 16.6. The molecular weight excluding hydrogens is 308 g/mol. The van der Waals surface area contributed by atoms with Crippen LogP contribution in [0.4, 0.5) is 5.69 Å². The number of non-ortho nitro benzene ring substituents is 1. The first-order valence-corrected chi connectivity index (χ1v) is 8.29. The standard InChI is InChI=1S/C17H22N4O3/c1-11(2)12(3)20(14-8-9-14)10-16-18-17(19-24-16)13-4-6-15(7-5-13)21(22)23/h4-7,11-12,14H,8-10H2,1-3H3/t12-/m1/s1. The molecule has 1 atom stereocenters. The molecule has 1 saturated carbocycles. The Labute approximate surface area is 140 Å². The van der Waals surface area contributed by atoms with Crippen molar-refractivity contribution in [1.82, 2.24) is 15.0 Å². The highest BCUT2D eigenvalue weighted by molar-refractivity contribution is 5.56. The Hall–Kier alpha value is -2.28. The lowest BCUT2D eigenvalue weighted by Gasteiger charge is -2.30. The average molecular weight is 330 g/mol. The molecule has 128 valence electrons. The lowest BCUT2D eigenvalue weighted by atomic mass is 10.0. The highest BCUT2D eigenvalue weighted by Crippen LogP contribution is 2.32. The Bertz CT molecular complexity index is 707. The van der Waals surface area contributed by atoms with Crippen LogP contribution in [0.15, 0.2) is 28.8 Å². The topological polar surface area (TPSA) is 85.3 Å². The van der Waals surface area contributed by atoms with Crippen LogP contribution in [-0.4, -0.2) is 32.0 Å². The van der Waals surface area contributed by atoms with Gasteiger partial charge in [0.15, 0.2) is 0 Å². The van der Waals surface area contributed by atoms with E-state index in [-0.39, 0.29) is 5.69 Å². The molecule has 0 bridgehead atoms. The molecule has 1 aliphatic rings. The van der Waals surface area contributed by atoms with Crippen molar-refractivity contribution in [3.8, 4) is 11.4 Å². The minimum absolute atomic E-state index is 0.0492. The van der Waals surface area contributed by atoms with E-state index in [0.29, 0.717) is 41.8 Å². The van der Waals surface area contributed by atoms with Crippen molar-refractivity contribution in [3.63, 3.8) is 0 Å². The summed E-state index contributed by atoms with van der Waals surface area (Å²) < 4.78 is 5.40. The molecule has 0 N–H and O–H groups in total. The van der Waals surface area contributed by atoms with Crippen LogP contribution in [0.5, 0.6) is 0 Å². The van der Waals surface area contributed by atoms with Crippen LogP contribution in [0.25, 0.3) is 11.4 Å². The minimum atomic E-state index is -0.424. The molecule has 24 heavy (non-hydrogen) atoms. The van der Waals surface area contributed by atoms with Crippen LogP contribution >= 0.6 is 0 Å². The zero-order chi connectivity index (χ0) is 17.3. The maximum absolute atomic E-state index is 10.7. The first-order chi connectivity index (χ1) is 11.5. The Balaban J connectivity index is 1.73. The van der Waals surface area contributed by atoms with Gasteiger partial charge >= 0.3 is 0 Å². The molecule has 2 aromatic rings. The molecule has 3 rings (SSSR count). The largest absolute Gasteiger partial charge is 0.338 e. The molecule has 0 spiro atoms. The van der Waals surface area contributed by atoms with Crippen LogP contribution < -0.4 is 0 Å². The van der Waals surface area contributed by atoms with Gasteiger partial charge in [-0.05, 0) is 37.8 Å². The number of rotatable bonds is 7. The van der Waals surface area contributed by atoms with Crippen LogP contribution in [0.2, 0.25) is 0 Å². The summed E-state index contributed by atoms with van der Waals surface area (Å²) in [6.45, 7) is 7.31. The predicted octanol–water partition coefficient (Wildman–Crippen LogP) is 3.65. The number of benzene rings is 1. The lowest BCUT2D eigenvalue weighted by Crippen LogP contribution is -2.38. The van der Waals surface area contributed by atoms with Gasteiger partial charge in [0.1, 0.15) is 0 Å². The Kier molecular flexibility index (Phi) is 4.62. The second-order valence-corrected chi connectivity index (χ2v) is 6.70. The molecule has 1 aromatic carbocycles. The summed E-state index contributed by atoms with van der Waals surface area (Å²) in [5.41, 5.74) is 0.763.